The first kappa shape index (κ1) is 15.4. The zero-order valence-corrected chi connectivity index (χ0v) is 12.9. The van der Waals surface area contributed by atoms with Crippen molar-refractivity contribution >= 4 is 29.1 Å². The van der Waals surface area contributed by atoms with E-state index in [1.807, 2.05) is 4.90 Å². The normalized spacial score (nSPS) is 17.1. The Morgan fingerprint density at radius 1 is 1.25 bits per heavy atom. The summed E-state index contributed by atoms with van der Waals surface area (Å²) in [4.78, 5) is 15.4. The van der Waals surface area contributed by atoms with Gasteiger partial charge in [0.2, 0.25) is 5.91 Å². The SMILES string of the molecule is CC(=O)N1CCCN(Cc2cc(Cl)cc(Cl)c2O)CC1. The lowest BCUT2D eigenvalue weighted by Crippen LogP contribution is -2.33. The molecule has 0 aromatic heterocycles. The largest absolute Gasteiger partial charge is 0.506 e. The van der Waals surface area contributed by atoms with E-state index in [2.05, 4.69) is 4.90 Å². The summed E-state index contributed by atoms with van der Waals surface area (Å²) in [5.41, 5.74) is 0.721. The van der Waals surface area contributed by atoms with Crippen LogP contribution in [0.1, 0.15) is 18.9 Å². The van der Waals surface area contributed by atoms with Crippen molar-refractivity contribution in [1.82, 2.24) is 9.80 Å². The lowest BCUT2D eigenvalue weighted by atomic mass is 10.2. The van der Waals surface area contributed by atoms with Gasteiger partial charge in [0.25, 0.3) is 0 Å². The van der Waals surface area contributed by atoms with Crippen LogP contribution in [-0.2, 0) is 11.3 Å². The van der Waals surface area contributed by atoms with Crippen LogP contribution in [0.5, 0.6) is 5.75 Å². The molecule has 1 heterocycles. The van der Waals surface area contributed by atoms with E-state index < -0.39 is 0 Å². The van der Waals surface area contributed by atoms with Crippen LogP contribution in [0.25, 0.3) is 0 Å². The van der Waals surface area contributed by atoms with Crippen LogP contribution in [-0.4, -0.2) is 47.0 Å². The molecule has 0 radical (unpaired) electrons. The third kappa shape index (κ3) is 3.78. The van der Waals surface area contributed by atoms with Crippen LogP contribution in [0.3, 0.4) is 0 Å². The standard InChI is InChI=1S/C14H18Cl2N2O2/c1-10(19)18-4-2-3-17(5-6-18)9-11-7-12(15)8-13(16)14(11)20/h7-8,20H,2-6,9H2,1H3. The third-order valence-electron chi connectivity index (χ3n) is 3.53. The molecular formula is C14H18Cl2N2O2. The molecule has 1 aromatic carbocycles. The molecule has 1 saturated heterocycles. The number of nitrogens with zero attached hydrogens (tertiary/aromatic N) is 2. The summed E-state index contributed by atoms with van der Waals surface area (Å²) in [6, 6.07) is 3.26. The minimum absolute atomic E-state index is 0.0868. The lowest BCUT2D eigenvalue weighted by molar-refractivity contribution is -0.128. The predicted molar refractivity (Wildman–Crippen MR) is 80.3 cm³/mol. The van der Waals surface area contributed by atoms with Crippen LogP contribution in [0.2, 0.25) is 10.0 Å². The first-order valence-electron chi connectivity index (χ1n) is 6.62. The Balaban J connectivity index is 2.05. The molecule has 2 rings (SSSR count). The molecule has 6 heteroatoms. The molecular weight excluding hydrogens is 299 g/mol. The van der Waals surface area contributed by atoms with Crippen molar-refractivity contribution in [1.29, 1.82) is 0 Å². The van der Waals surface area contributed by atoms with Crippen molar-refractivity contribution in [3.63, 3.8) is 0 Å². The molecule has 0 unspecified atom stereocenters. The third-order valence-corrected chi connectivity index (χ3v) is 4.04. The number of carbonyl (C=O) groups is 1. The van der Waals surface area contributed by atoms with Gasteiger partial charge in [0.15, 0.2) is 0 Å². The van der Waals surface area contributed by atoms with Crippen molar-refractivity contribution in [2.45, 2.75) is 19.9 Å². The number of hydrogen-bond donors (Lipinski definition) is 1. The monoisotopic (exact) mass is 316 g/mol. The summed E-state index contributed by atoms with van der Waals surface area (Å²) in [5.74, 6) is 0.198. The fourth-order valence-electron chi connectivity index (χ4n) is 2.42. The van der Waals surface area contributed by atoms with Gasteiger partial charge in [-0.05, 0) is 18.6 Å². The molecule has 0 atom stereocenters. The van der Waals surface area contributed by atoms with Gasteiger partial charge in [0.05, 0.1) is 5.02 Å². The Kier molecular flexibility index (Phi) is 5.13. The highest BCUT2D eigenvalue weighted by Gasteiger charge is 2.18. The summed E-state index contributed by atoms with van der Waals surface area (Å²) >= 11 is 11.9. The highest BCUT2D eigenvalue weighted by molar-refractivity contribution is 6.35. The average molecular weight is 317 g/mol. The molecule has 0 aliphatic carbocycles. The van der Waals surface area contributed by atoms with E-state index in [0.29, 0.717) is 18.1 Å². The number of amides is 1. The number of phenolic OH excluding ortho intramolecular Hbond substituents is 1. The van der Waals surface area contributed by atoms with Gasteiger partial charge >= 0.3 is 0 Å². The number of hydrogen-bond acceptors (Lipinski definition) is 3. The average Bonchev–Trinajstić information content (AvgIpc) is 2.61. The molecule has 1 aliphatic heterocycles. The second kappa shape index (κ2) is 6.66. The van der Waals surface area contributed by atoms with E-state index in [0.717, 1.165) is 31.6 Å². The second-order valence-corrected chi connectivity index (χ2v) is 5.87. The van der Waals surface area contributed by atoms with Gasteiger partial charge in [-0.2, -0.15) is 0 Å². The van der Waals surface area contributed by atoms with Gasteiger partial charge in [-0.25, -0.2) is 0 Å². The summed E-state index contributed by atoms with van der Waals surface area (Å²) in [6.07, 6.45) is 0.925. The summed E-state index contributed by atoms with van der Waals surface area (Å²) < 4.78 is 0. The van der Waals surface area contributed by atoms with Crippen molar-refractivity contribution in [2.24, 2.45) is 0 Å². The van der Waals surface area contributed by atoms with Gasteiger partial charge in [0, 0.05) is 50.2 Å². The summed E-state index contributed by atoms with van der Waals surface area (Å²) in [7, 11) is 0. The van der Waals surface area contributed by atoms with Gasteiger partial charge in [-0.15, -0.1) is 0 Å². The van der Waals surface area contributed by atoms with Crippen LogP contribution >= 0.6 is 23.2 Å². The Bertz CT molecular complexity index is 508. The summed E-state index contributed by atoms with van der Waals surface area (Å²) in [6.45, 7) is 5.34. The smallest absolute Gasteiger partial charge is 0.219 e. The van der Waals surface area contributed by atoms with Gasteiger partial charge in [-0.3, -0.25) is 9.69 Å². The van der Waals surface area contributed by atoms with E-state index in [1.165, 1.54) is 6.07 Å². The number of benzene rings is 1. The van der Waals surface area contributed by atoms with E-state index >= 15 is 0 Å². The molecule has 1 aromatic rings. The minimum atomic E-state index is 0.0868. The molecule has 1 fully saturated rings. The lowest BCUT2D eigenvalue weighted by Gasteiger charge is -2.21. The van der Waals surface area contributed by atoms with Crippen LogP contribution in [0.15, 0.2) is 12.1 Å². The molecule has 4 nitrogen and oxygen atoms in total. The molecule has 0 bridgehead atoms. The molecule has 1 N–H and O–H groups in total. The van der Waals surface area contributed by atoms with Crippen molar-refractivity contribution in [2.75, 3.05) is 26.2 Å². The molecule has 110 valence electrons. The zero-order chi connectivity index (χ0) is 14.7. The predicted octanol–water partition coefficient (Wildman–Crippen LogP) is 2.75. The van der Waals surface area contributed by atoms with Gasteiger partial charge in [0.1, 0.15) is 5.75 Å². The second-order valence-electron chi connectivity index (χ2n) is 5.03. The van der Waals surface area contributed by atoms with E-state index in [-0.39, 0.29) is 16.7 Å². The van der Waals surface area contributed by atoms with E-state index in [4.69, 9.17) is 23.2 Å². The van der Waals surface area contributed by atoms with Crippen LogP contribution in [0.4, 0.5) is 0 Å². The number of aromatic hydroxyl groups is 1. The van der Waals surface area contributed by atoms with Crippen molar-refractivity contribution in [3.8, 4) is 5.75 Å². The molecule has 20 heavy (non-hydrogen) atoms. The molecule has 0 spiro atoms. The van der Waals surface area contributed by atoms with Gasteiger partial charge < -0.3 is 10.0 Å². The first-order valence-corrected chi connectivity index (χ1v) is 7.37. The number of carbonyl (C=O) groups excluding carboxylic acids is 1. The maximum absolute atomic E-state index is 11.4. The number of rotatable bonds is 2. The Morgan fingerprint density at radius 3 is 2.70 bits per heavy atom. The Labute approximate surface area is 128 Å². The highest BCUT2D eigenvalue weighted by atomic mass is 35.5. The zero-order valence-electron chi connectivity index (χ0n) is 11.4. The number of phenols is 1. The number of halogens is 2. The summed E-state index contributed by atoms with van der Waals surface area (Å²) in [5, 5.41) is 10.8. The van der Waals surface area contributed by atoms with Crippen molar-refractivity contribution in [3.05, 3.63) is 27.7 Å². The van der Waals surface area contributed by atoms with Gasteiger partial charge in [-0.1, -0.05) is 23.2 Å². The maximum atomic E-state index is 11.4. The van der Waals surface area contributed by atoms with Crippen LogP contribution < -0.4 is 0 Å². The fourth-order valence-corrected chi connectivity index (χ4v) is 2.96. The first-order chi connectivity index (χ1) is 9.47. The Hall–Kier alpha value is -0.970. The fraction of sp³-hybridized carbons (Fsp3) is 0.500. The van der Waals surface area contributed by atoms with E-state index in [1.54, 1.807) is 13.0 Å². The Morgan fingerprint density at radius 2 is 2.00 bits per heavy atom. The molecule has 1 aliphatic rings. The minimum Gasteiger partial charge on any atom is -0.506 e. The maximum Gasteiger partial charge on any atom is 0.219 e. The molecule has 0 saturated carbocycles. The van der Waals surface area contributed by atoms with E-state index in [9.17, 15) is 9.90 Å². The van der Waals surface area contributed by atoms with Crippen LogP contribution in [0, 0.1) is 0 Å². The highest BCUT2D eigenvalue weighted by Crippen LogP contribution is 2.32. The van der Waals surface area contributed by atoms with Crippen molar-refractivity contribution < 1.29 is 9.90 Å². The topological polar surface area (TPSA) is 43.8 Å². The quantitative estimate of drug-likeness (QED) is 0.912. The molecule has 1 amide bonds.